The Morgan fingerprint density at radius 1 is 1.39 bits per heavy atom. The number of hydrogen-bond acceptors (Lipinski definition) is 5. The molecule has 0 fully saturated rings. The number of rotatable bonds is 2. The van der Waals surface area contributed by atoms with Crippen LogP contribution < -0.4 is 0 Å². The molecule has 1 aliphatic rings. The van der Waals surface area contributed by atoms with E-state index < -0.39 is 27.3 Å². The van der Waals surface area contributed by atoms with Gasteiger partial charge in [-0.2, -0.15) is 0 Å². The first-order valence-corrected chi connectivity index (χ1v) is 7.07. The Balaban J connectivity index is 2.74. The Kier molecular flexibility index (Phi) is 2.98. The molecule has 1 heterocycles. The maximum Gasteiger partial charge on any atom is 0.338 e. The van der Waals surface area contributed by atoms with Gasteiger partial charge in [-0.05, 0) is 24.1 Å². The van der Waals surface area contributed by atoms with Crippen molar-refractivity contribution in [1.82, 2.24) is 0 Å². The van der Waals surface area contributed by atoms with E-state index in [2.05, 4.69) is 4.74 Å². The van der Waals surface area contributed by atoms with Crippen molar-refractivity contribution in [1.29, 1.82) is 0 Å². The summed E-state index contributed by atoms with van der Waals surface area (Å²) >= 11 is 0. The molecule has 0 amide bonds. The van der Waals surface area contributed by atoms with Gasteiger partial charge in [0, 0.05) is 5.56 Å². The summed E-state index contributed by atoms with van der Waals surface area (Å²) in [5.41, 5.74) is 1.00. The number of carbonyl (C=O) groups is 2. The van der Waals surface area contributed by atoms with Crippen molar-refractivity contribution in [3.05, 3.63) is 28.8 Å². The predicted octanol–water partition coefficient (Wildman–Crippen LogP) is 1.01. The fraction of sp³-hybridized carbons (Fsp3) is 0.333. The van der Waals surface area contributed by atoms with Gasteiger partial charge in [0.2, 0.25) is 0 Å². The van der Waals surface area contributed by atoms with Crippen molar-refractivity contribution in [2.24, 2.45) is 0 Å². The molecule has 18 heavy (non-hydrogen) atoms. The maximum absolute atomic E-state index is 11.8. The highest BCUT2D eigenvalue weighted by Crippen LogP contribution is 2.29. The van der Waals surface area contributed by atoms with E-state index in [0.29, 0.717) is 12.0 Å². The number of Topliss-reactive ketones (excluding diaryl/α,β-unsaturated/α-hetero) is 1. The van der Waals surface area contributed by atoms with E-state index in [1.807, 2.05) is 6.92 Å². The number of benzene rings is 1. The van der Waals surface area contributed by atoms with Crippen LogP contribution in [-0.4, -0.2) is 33.0 Å². The number of esters is 1. The van der Waals surface area contributed by atoms with Gasteiger partial charge in [0.15, 0.2) is 15.6 Å². The number of ether oxygens (including phenoxy) is 1. The van der Waals surface area contributed by atoms with E-state index in [1.165, 1.54) is 19.2 Å². The average Bonchev–Trinajstić information content (AvgIpc) is 2.57. The lowest BCUT2D eigenvalue weighted by Crippen LogP contribution is -2.08. The second-order valence-electron chi connectivity index (χ2n) is 4.03. The molecule has 6 heteroatoms. The molecule has 1 aromatic rings. The molecule has 0 atom stereocenters. The molecule has 0 saturated carbocycles. The zero-order valence-corrected chi connectivity index (χ0v) is 10.8. The van der Waals surface area contributed by atoms with Crippen LogP contribution >= 0.6 is 0 Å². The molecule has 1 aliphatic heterocycles. The Morgan fingerprint density at radius 3 is 2.61 bits per heavy atom. The second kappa shape index (κ2) is 4.20. The Bertz CT molecular complexity index is 643. The molecule has 5 nitrogen and oxygen atoms in total. The van der Waals surface area contributed by atoms with Crippen LogP contribution in [0.3, 0.4) is 0 Å². The lowest BCUT2D eigenvalue weighted by molar-refractivity contribution is 0.0599. The topological polar surface area (TPSA) is 77.5 Å². The van der Waals surface area contributed by atoms with Gasteiger partial charge < -0.3 is 4.74 Å². The minimum atomic E-state index is -3.60. The quantitative estimate of drug-likeness (QED) is 0.748. The minimum absolute atomic E-state index is 0.0647. The van der Waals surface area contributed by atoms with Gasteiger partial charge in [-0.15, -0.1) is 0 Å². The summed E-state index contributed by atoms with van der Waals surface area (Å²) in [6.45, 7) is 1.82. The van der Waals surface area contributed by atoms with E-state index in [-0.39, 0.29) is 16.0 Å². The minimum Gasteiger partial charge on any atom is -0.465 e. The van der Waals surface area contributed by atoms with Crippen molar-refractivity contribution < 1.29 is 22.7 Å². The summed E-state index contributed by atoms with van der Waals surface area (Å²) in [5, 5.41) is 0. The maximum atomic E-state index is 11.8. The molecule has 0 aliphatic carbocycles. The monoisotopic (exact) mass is 268 g/mol. The summed E-state index contributed by atoms with van der Waals surface area (Å²) in [4.78, 5) is 23.1. The number of sulfone groups is 1. The standard InChI is InChI=1S/C12H12O5S/c1-3-7-4-9-10(13)6-18(15,16)11(9)5-8(7)12(14)17-2/h4-5H,3,6H2,1-2H3. The van der Waals surface area contributed by atoms with Crippen LogP contribution in [0.15, 0.2) is 17.0 Å². The molecule has 0 aromatic heterocycles. The van der Waals surface area contributed by atoms with Crippen LogP contribution in [0.1, 0.15) is 33.2 Å². The summed E-state index contributed by atoms with van der Waals surface area (Å²) in [6.07, 6.45) is 0.519. The number of hydrogen-bond donors (Lipinski definition) is 0. The first kappa shape index (κ1) is 12.8. The number of methoxy groups -OCH3 is 1. The van der Waals surface area contributed by atoms with Gasteiger partial charge >= 0.3 is 5.97 Å². The first-order chi connectivity index (χ1) is 8.40. The number of aryl methyl sites for hydroxylation is 1. The van der Waals surface area contributed by atoms with Crippen molar-refractivity contribution >= 4 is 21.6 Å². The molecule has 2 rings (SSSR count). The fourth-order valence-electron chi connectivity index (χ4n) is 2.02. The van der Waals surface area contributed by atoms with E-state index in [1.54, 1.807) is 0 Å². The third-order valence-electron chi connectivity index (χ3n) is 2.95. The largest absolute Gasteiger partial charge is 0.465 e. The van der Waals surface area contributed by atoms with Gasteiger partial charge in [0.05, 0.1) is 17.6 Å². The molecule has 0 bridgehead atoms. The number of fused-ring (bicyclic) bond motifs is 1. The summed E-state index contributed by atoms with van der Waals surface area (Å²) in [5.74, 6) is -1.53. The third-order valence-corrected chi connectivity index (χ3v) is 4.60. The molecule has 96 valence electrons. The van der Waals surface area contributed by atoms with Gasteiger partial charge in [-0.3, -0.25) is 4.79 Å². The summed E-state index contributed by atoms with van der Waals surface area (Å²) < 4.78 is 28.1. The predicted molar refractivity (Wildman–Crippen MR) is 63.5 cm³/mol. The SMILES string of the molecule is CCc1cc2c(cc1C(=O)OC)S(=O)(=O)CC2=O. The molecular weight excluding hydrogens is 256 g/mol. The molecule has 1 aromatic carbocycles. The van der Waals surface area contributed by atoms with Gasteiger partial charge in [0.1, 0.15) is 5.75 Å². The zero-order valence-electron chi connectivity index (χ0n) is 10.0. The van der Waals surface area contributed by atoms with E-state index in [0.717, 1.165) is 0 Å². The van der Waals surface area contributed by atoms with Gasteiger partial charge in [-0.1, -0.05) is 6.92 Å². The highest BCUT2D eigenvalue weighted by molar-refractivity contribution is 7.92. The van der Waals surface area contributed by atoms with Crippen molar-refractivity contribution in [2.45, 2.75) is 18.2 Å². The molecule has 0 radical (unpaired) electrons. The molecule has 0 N–H and O–H groups in total. The molecule has 0 spiro atoms. The van der Waals surface area contributed by atoms with E-state index >= 15 is 0 Å². The fourth-order valence-corrected chi connectivity index (χ4v) is 3.48. The van der Waals surface area contributed by atoms with Crippen LogP contribution in [0, 0.1) is 0 Å². The highest BCUT2D eigenvalue weighted by Gasteiger charge is 2.35. The molecule has 0 saturated heterocycles. The highest BCUT2D eigenvalue weighted by atomic mass is 32.2. The van der Waals surface area contributed by atoms with E-state index in [9.17, 15) is 18.0 Å². The van der Waals surface area contributed by atoms with Crippen LogP contribution in [0.4, 0.5) is 0 Å². The molecule has 0 unspecified atom stereocenters. The Labute approximate surface area is 105 Å². The first-order valence-electron chi connectivity index (χ1n) is 5.42. The third kappa shape index (κ3) is 1.82. The summed E-state index contributed by atoms with van der Waals surface area (Å²) in [7, 11) is -2.37. The normalized spacial score (nSPS) is 16.4. The van der Waals surface area contributed by atoms with Crippen molar-refractivity contribution in [3.8, 4) is 0 Å². The lowest BCUT2D eigenvalue weighted by Gasteiger charge is -2.08. The van der Waals surface area contributed by atoms with Gasteiger partial charge in [-0.25, -0.2) is 13.2 Å². The molecular formula is C12H12O5S. The lowest BCUT2D eigenvalue weighted by atomic mass is 10.0. The average molecular weight is 268 g/mol. The van der Waals surface area contributed by atoms with Crippen LogP contribution in [-0.2, 0) is 21.0 Å². The van der Waals surface area contributed by atoms with Crippen molar-refractivity contribution in [3.63, 3.8) is 0 Å². The Morgan fingerprint density at radius 2 is 2.06 bits per heavy atom. The van der Waals surface area contributed by atoms with Crippen LogP contribution in [0.25, 0.3) is 0 Å². The van der Waals surface area contributed by atoms with Crippen molar-refractivity contribution in [2.75, 3.05) is 12.9 Å². The summed E-state index contributed by atoms with van der Waals surface area (Å²) in [6, 6.07) is 2.73. The Hall–Kier alpha value is -1.69. The number of carbonyl (C=O) groups excluding carboxylic acids is 2. The zero-order chi connectivity index (χ0) is 13.5. The second-order valence-corrected chi connectivity index (χ2v) is 5.99. The number of ketones is 1. The van der Waals surface area contributed by atoms with E-state index in [4.69, 9.17) is 0 Å². The van der Waals surface area contributed by atoms with Crippen LogP contribution in [0.5, 0.6) is 0 Å². The van der Waals surface area contributed by atoms with Crippen LogP contribution in [0.2, 0.25) is 0 Å². The smallest absolute Gasteiger partial charge is 0.338 e. The van der Waals surface area contributed by atoms with Gasteiger partial charge in [0.25, 0.3) is 0 Å².